The van der Waals surface area contributed by atoms with Crippen molar-refractivity contribution in [1.29, 1.82) is 0 Å². The standard InChI is InChI=1S/C27H32O7S/c1-3-35-27-25(33-22(29)15-14-18(2)28)24(30-16-19-10-6-4-7-11-19)23-21(32-27)17-31-26(34-23)20-12-8-5-9-13-20/h4-13,21,23-27H,3,14-17H2,1-2H3/t21-,23+,24-,25+,26?,27?/m0/s1. The topological polar surface area (TPSA) is 80.3 Å². The average molecular weight is 501 g/mol. The highest BCUT2D eigenvalue weighted by Crippen LogP contribution is 2.39. The minimum absolute atomic E-state index is 0.0193. The van der Waals surface area contributed by atoms with Gasteiger partial charge in [-0.15, -0.1) is 11.8 Å². The average Bonchev–Trinajstić information content (AvgIpc) is 2.88. The van der Waals surface area contributed by atoms with Crippen LogP contribution in [-0.4, -0.2) is 54.0 Å². The van der Waals surface area contributed by atoms with Crippen LogP contribution < -0.4 is 0 Å². The Balaban J connectivity index is 1.58. The van der Waals surface area contributed by atoms with Crippen LogP contribution in [0.2, 0.25) is 0 Å². The number of hydrogen-bond donors (Lipinski definition) is 0. The molecule has 0 spiro atoms. The second-order valence-corrected chi connectivity index (χ2v) is 9.97. The maximum atomic E-state index is 12.7. The summed E-state index contributed by atoms with van der Waals surface area (Å²) < 4.78 is 31.0. The molecule has 35 heavy (non-hydrogen) atoms. The molecule has 2 aromatic carbocycles. The molecule has 2 aliphatic rings. The molecule has 2 saturated heterocycles. The Kier molecular flexibility index (Phi) is 9.34. The molecule has 0 radical (unpaired) electrons. The Morgan fingerprint density at radius 2 is 1.69 bits per heavy atom. The Bertz CT molecular complexity index is 955. The zero-order valence-corrected chi connectivity index (χ0v) is 20.9. The number of fused-ring (bicyclic) bond motifs is 1. The van der Waals surface area contributed by atoms with E-state index in [4.69, 9.17) is 23.7 Å². The number of ether oxygens (including phenoxy) is 5. The number of thioether (sulfide) groups is 1. The number of hydrogen-bond acceptors (Lipinski definition) is 8. The number of carbonyl (C=O) groups excluding carboxylic acids is 2. The van der Waals surface area contributed by atoms with Crippen LogP contribution in [0.15, 0.2) is 60.7 Å². The van der Waals surface area contributed by atoms with Crippen molar-refractivity contribution >= 4 is 23.5 Å². The first-order chi connectivity index (χ1) is 17.0. The highest BCUT2D eigenvalue weighted by molar-refractivity contribution is 7.99. The third kappa shape index (κ3) is 6.92. The third-order valence-electron chi connectivity index (χ3n) is 5.92. The lowest BCUT2D eigenvalue weighted by atomic mass is 9.98. The van der Waals surface area contributed by atoms with Gasteiger partial charge in [0, 0.05) is 12.0 Å². The molecule has 2 aromatic rings. The number of ketones is 1. The molecule has 0 N–H and O–H groups in total. The van der Waals surface area contributed by atoms with Gasteiger partial charge in [0.15, 0.2) is 12.4 Å². The fraction of sp³-hybridized carbons (Fsp3) is 0.481. The molecule has 0 bridgehead atoms. The van der Waals surface area contributed by atoms with Gasteiger partial charge in [0.1, 0.15) is 29.5 Å². The van der Waals surface area contributed by atoms with Crippen LogP contribution in [0.1, 0.15) is 44.1 Å². The lowest BCUT2D eigenvalue weighted by molar-refractivity contribution is -0.326. The summed E-state index contributed by atoms with van der Waals surface area (Å²) >= 11 is 1.55. The van der Waals surface area contributed by atoms with E-state index in [1.165, 1.54) is 6.92 Å². The Morgan fingerprint density at radius 3 is 2.37 bits per heavy atom. The highest BCUT2D eigenvalue weighted by Gasteiger charge is 2.52. The van der Waals surface area contributed by atoms with Crippen molar-refractivity contribution in [2.75, 3.05) is 12.4 Å². The molecule has 2 fully saturated rings. The first-order valence-corrected chi connectivity index (χ1v) is 13.0. The summed E-state index contributed by atoms with van der Waals surface area (Å²) in [6, 6.07) is 19.5. The smallest absolute Gasteiger partial charge is 0.306 e. The summed E-state index contributed by atoms with van der Waals surface area (Å²) in [5.41, 5.74) is 1.46. The summed E-state index contributed by atoms with van der Waals surface area (Å²) in [4.78, 5) is 24.1. The first-order valence-electron chi connectivity index (χ1n) is 12.0. The highest BCUT2D eigenvalue weighted by atomic mass is 32.2. The second kappa shape index (κ2) is 12.6. The monoisotopic (exact) mass is 500 g/mol. The number of Topliss-reactive ketones (excluding diaryl/α,β-unsaturated/α-hetero) is 1. The van der Waals surface area contributed by atoms with E-state index in [-0.39, 0.29) is 24.7 Å². The fourth-order valence-corrected chi connectivity index (χ4v) is 5.15. The summed E-state index contributed by atoms with van der Waals surface area (Å²) in [6.45, 7) is 4.15. The van der Waals surface area contributed by atoms with Gasteiger partial charge in [0.05, 0.1) is 19.6 Å². The summed E-state index contributed by atoms with van der Waals surface area (Å²) in [6.07, 6.45) is -2.56. The molecule has 6 atom stereocenters. The van der Waals surface area contributed by atoms with Crippen molar-refractivity contribution in [3.8, 4) is 0 Å². The van der Waals surface area contributed by atoms with E-state index < -0.39 is 36.0 Å². The minimum Gasteiger partial charge on any atom is -0.456 e. The zero-order chi connectivity index (χ0) is 24.6. The second-order valence-electron chi connectivity index (χ2n) is 8.59. The van der Waals surface area contributed by atoms with Gasteiger partial charge >= 0.3 is 5.97 Å². The van der Waals surface area contributed by atoms with E-state index in [0.717, 1.165) is 16.9 Å². The van der Waals surface area contributed by atoms with Gasteiger partial charge in [-0.25, -0.2) is 0 Å². The van der Waals surface area contributed by atoms with Gasteiger partial charge in [-0.3, -0.25) is 4.79 Å². The third-order valence-corrected chi connectivity index (χ3v) is 6.96. The van der Waals surface area contributed by atoms with E-state index in [9.17, 15) is 9.59 Å². The number of esters is 1. The van der Waals surface area contributed by atoms with Crippen molar-refractivity contribution in [3.63, 3.8) is 0 Å². The van der Waals surface area contributed by atoms with E-state index in [1.807, 2.05) is 67.6 Å². The van der Waals surface area contributed by atoms with Gasteiger partial charge in [-0.2, -0.15) is 0 Å². The summed E-state index contributed by atoms with van der Waals surface area (Å²) in [5, 5.41) is 0. The Morgan fingerprint density at radius 1 is 0.971 bits per heavy atom. The van der Waals surface area contributed by atoms with E-state index in [0.29, 0.717) is 13.2 Å². The molecule has 4 rings (SSSR count). The fourth-order valence-electron chi connectivity index (χ4n) is 4.20. The normalized spacial score (nSPS) is 28.2. The van der Waals surface area contributed by atoms with Gasteiger partial charge in [0.2, 0.25) is 0 Å². The molecular weight excluding hydrogens is 468 g/mol. The zero-order valence-electron chi connectivity index (χ0n) is 20.0. The van der Waals surface area contributed by atoms with Crippen molar-refractivity contribution in [1.82, 2.24) is 0 Å². The molecule has 2 heterocycles. The first kappa shape index (κ1) is 25.9. The SMILES string of the molecule is CCSC1O[C@H]2COC(c3ccccc3)O[C@H]2[C@H](OCc2ccccc2)[C@H]1OC(=O)CCC(C)=O. The van der Waals surface area contributed by atoms with Crippen molar-refractivity contribution in [2.24, 2.45) is 0 Å². The van der Waals surface area contributed by atoms with E-state index in [1.54, 1.807) is 11.8 Å². The predicted octanol–water partition coefficient (Wildman–Crippen LogP) is 4.45. The molecule has 7 nitrogen and oxygen atoms in total. The van der Waals surface area contributed by atoms with Gasteiger partial charge < -0.3 is 28.5 Å². The number of benzene rings is 2. The maximum Gasteiger partial charge on any atom is 0.306 e. The summed E-state index contributed by atoms with van der Waals surface area (Å²) in [5.74, 6) is 0.259. The minimum atomic E-state index is -0.695. The van der Waals surface area contributed by atoms with Gasteiger partial charge in [-0.1, -0.05) is 67.6 Å². The molecule has 0 aromatic heterocycles. The molecule has 8 heteroatoms. The van der Waals surface area contributed by atoms with Crippen LogP contribution in [0, 0.1) is 0 Å². The number of rotatable bonds is 10. The lowest BCUT2D eigenvalue weighted by Gasteiger charge is -2.48. The molecule has 0 aliphatic carbocycles. The van der Waals surface area contributed by atoms with Crippen LogP contribution in [0.3, 0.4) is 0 Å². The van der Waals surface area contributed by atoms with Crippen LogP contribution in [0.25, 0.3) is 0 Å². The van der Waals surface area contributed by atoms with Crippen LogP contribution >= 0.6 is 11.8 Å². The molecular formula is C27H32O7S. The molecule has 0 saturated carbocycles. The summed E-state index contributed by atoms with van der Waals surface area (Å²) in [7, 11) is 0. The molecule has 0 amide bonds. The molecule has 2 unspecified atom stereocenters. The van der Waals surface area contributed by atoms with Crippen molar-refractivity contribution in [3.05, 3.63) is 71.8 Å². The Hall–Kier alpha value is -2.23. The van der Waals surface area contributed by atoms with Crippen LogP contribution in [0.4, 0.5) is 0 Å². The van der Waals surface area contributed by atoms with Crippen molar-refractivity contribution in [2.45, 2.75) is 69.4 Å². The van der Waals surface area contributed by atoms with Crippen molar-refractivity contribution < 1.29 is 33.3 Å². The van der Waals surface area contributed by atoms with E-state index >= 15 is 0 Å². The van der Waals surface area contributed by atoms with Crippen LogP contribution in [-0.2, 0) is 39.9 Å². The predicted molar refractivity (Wildman–Crippen MR) is 132 cm³/mol. The largest absolute Gasteiger partial charge is 0.456 e. The van der Waals surface area contributed by atoms with Gasteiger partial charge in [0.25, 0.3) is 0 Å². The Labute approximate surface area is 210 Å². The van der Waals surface area contributed by atoms with E-state index in [2.05, 4.69) is 0 Å². The quantitative estimate of drug-likeness (QED) is 0.443. The number of carbonyl (C=O) groups is 2. The molecule has 2 aliphatic heterocycles. The van der Waals surface area contributed by atoms with Gasteiger partial charge in [-0.05, 0) is 18.2 Å². The maximum absolute atomic E-state index is 12.7. The van der Waals surface area contributed by atoms with Crippen LogP contribution in [0.5, 0.6) is 0 Å². The molecule has 188 valence electrons. The lowest BCUT2D eigenvalue weighted by Crippen LogP contribution is -2.62.